The number of hydrogen-bond donors (Lipinski definition) is 0. The van der Waals surface area contributed by atoms with Gasteiger partial charge in [0.15, 0.2) is 0 Å². The fraction of sp³-hybridized carbons (Fsp3) is 0.938. The predicted octanol–water partition coefficient (Wildman–Crippen LogP) is 2.14. The van der Waals surface area contributed by atoms with Crippen LogP contribution in [0.15, 0.2) is 0 Å². The van der Waals surface area contributed by atoms with Crippen LogP contribution in [0.25, 0.3) is 0 Å². The molecule has 2 aliphatic rings. The van der Waals surface area contributed by atoms with Gasteiger partial charge in [0, 0.05) is 19.7 Å². The van der Waals surface area contributed by atoms with E-state index in [1.54, 1.807) is 0 Å². The van der Waals surface area contributed by atoms with Crippen LogP contribution in [0, 0.1) is 5.92 Å². The first kappa shape index (κ1) is 15.8. The molecule has 4 heteroatoms. The summed E-state index contributed by atoms with van der Waals surface area (Å²) in [5, 5.41) is 0. The third-order valence-corrected chi connectivity index (χ3v) is 4.44. The maximum atomic E-state index is 12.3. The molecule has 1 amide bonds. The summed E-state index contributed by atoms with van der Waals surface area (Å²) in [6.07, 6.45) is 6.33. The molecule has 0 atom stereocenters. The summed E-state index contributed by atoms with van der Waals surface area (Å²) in [6, 6.07) is 0. The molecule has 2 saturated heterocycles. The zero-order chi connectivity index (χ0) is 14.4. The Morgan fingerprint density at radius 1 is 1.10 bits per heavy atom. The second kappa shape index (κ2) is 7.99. The molecule has 4 nitrogen and oxygen atoms in total. The van der Waals surface area contributed by atoms with E-state index in [1.165, 1.54) is 19.3 Å². The Bertz CT molecular complexity index is 293. The lowest BCUT2D eigenvalue weighted by Crippen LogP contribution is -2.45. The smallest absolute Gasteiger partial charge is 0.236 e. The molecule has 0 saturated carbocycles. The number of ether oxygens (including phenoxy) is 1. The van der Waals surface area contributed by atoms with E-state index in [0.29, 0.717) is 24.5 Å². The Morgan fingerprint density at radius 2 is 1.75 bits per heavy atom. The van der Waals surface area contributed by atoms with Crippen molar-refractivity contribution >= 4 is 5.91 Å². The summed E-state index contributed by atoms with van der Waals surface area (Å²) >= 11 is 0. The van der Waals surface area contributed by atoms with Crippen LogP contribution < -0.4 is 0 Å². The van der Waals surface area contributed by atoms with Crippen molar-refractivity contribution in [2.75, 3.05) is 39.3 Å². The Labute approximate surface area is 123 Å². The summed E-state index contributed by atoms with van der Waals surface area (Å²) in [5.74, 6) is 0.964. The van der Waals surface area contributed by atoms with Gasteiger partial charge in [0.25, 0.3) is 0 Å². The molecule has 2 rings (SSSR count). The first-order valence-electron chi connectivity index (χ1n) is 8.27. The lowest BCUT2D eigenvalue weighted by atomic mass is 9.97. The fourth-order valence-electron chi connectivity index (χ4n) is 3.09. The SMILES string of the molecule is CC(C)OCC1CCN(C(=O)CN2CCCCC2)CC1. The second-order valence-corrected chi connectivity index (χ2v) is 6.54. The minimum absolute atomic E-state index is 0.314. The molecule has 20 heavy (non-hydrogen) atoms. The summed E-state index contributed by atoms with van der Waals surface area (Å²) in [7, 11) is 0. The maximum Gasteiger partial charge on any atom is 0.236 e. The van der Waals surface area contributed by atoms with Crippen molar-refractivity contribution in [3.63, 3.8) is 0 Å². The van der Waals surface area contributed by atoms with Gasteiger partial charge < -0.3 is 9.64 Å². The zero-order valence-electron chi connectivity index (χ0n) is 13.1. The molecule has 0 bridgehead atoms. The average molecular weight is 282 g/mol. The highest BCUT2D eigenvalue weighted by Gasteiger charge is 2.24. The topological polar surface area (TPSA) is 32.8 Å². The van der Waals surface area contributed by atoms with Gasteiger partial charge in [-0.3, -0.25) is 9.69 Å². The highest BCUT2D eigenvalue weighted by atomic mass is 16.5. The normalized spacial score (nSPS) is 22.4. The molecule has 0 aromatic carbocycles. The Balaban J connectivity index is 1.66. The van der Waals surface area contributed by atoms with E-state index in [1.807, 2.05) is 0 Å². The molecule has 0 N–H and O–H groups in total. The summed E-state index contributed by atoms with van der Waals surface area (Å²) < 4.78 is 5.69. The molecule has 2 fully saturated rings. The minimum atomic E-state index is 0.314. The van der Waals surface area contributed by atoms with Crippen LogP contribution in [-0.2, 0) is 9.53 Å². The van der Waals surface area contributed by atoms with E-state index in [4.69, 9.17) is 4.74 Å². The van der Waals surface area contributed by atoms with Crippen LogP contribution in [0.5, 0.6) is 0 Å². The van der Waals surface area contributed by atoms with E-state index in [9.17, 15) is 4.79 Å². The van der Waals surface area contributed by atoms with Crippen LogP contribution in [0.2, 0.25) is 0 Å². The molecule has 0 spiro atoms. The van der Waals surface area contributed by atoms with Crippen molar-refractivity contribution in [1.82, 2.24) is 9.80 Å². The van der Waals surface area contributed by atoms with Crippen LogP contribution in [0.3, 0.4) is 0 Å². The standard InChI is InChI=1S/C16H30N2O2/c1-14(2)20-13-15-6-10-18(11-7-15)16(19)12-17-8-4-3-5-9-17/h14-15H,3-13H2,1-2H3. The van der Waals surface area contributed by atoms with Crippen LogP contribution in [0.1, 0.15) is 46.0 Å². The number of rotatable bonds is 5. The van der Waals surface area contributed by atoms with E-state index in [-0.39, 0.29) is 0 Å². The third-order valence-electron chi connectivity index (χ3n) is 4.44. The second-order valence-electron chi connectivity index (χ2n) is 6.54. The van der Waals surface area contributed by atoms with Gasteiger partial charge in [-0.15, -0.1) is 0 Å². The van der Waals surface area contributed by atoms with Gasteiger partial charge in [-0.1, -0.05) is 6.42 Å². The molecule has 0 aliphatic carbocycles. The van der Waals surface area contributed by atoms with Crippen molar-refractivity contribution in [2.45, 2.75) is 52.1 Å². The van der Waals surface area contributed by atoms with E-state index in [0.717, 1.165) is 45.6 Å². The van der Waals surface area contributed by atoms with Crippen LogP contribution >= 0.6 is 0 Å². The predicted molar refractivity (Wildman–Crippen MR) is 80.7 cm³/mol. The number of hydrogen-bond acceptors (Lipinski definition) is 3. The third kappa shape index (κ3) is 5.06. The van der Waals surface area contributed by atoms with Gasteiger partial charge in [-0.05, 0) is 58.5 Å². The van der Waals surface area contributed by atoms with Gasteiger partial charge in [0.1, 0.15) is 0 Å². The van der Waals surface area contributed by atoms with Gasteiger partial charge in [-0.25, -0.2) is 0 Å². The van der Waals surface area contributed by atoms with Gasteiger partial charge in [-0.2, -0.15) is 0 Å². The lowest BCUT2D eigenvalue weighted by Gasteiger charge is -2.34. The van der Waals surface area contributed by atoms with E-state index >= 15 is 0 Å². The Morgan fingerprint density at radius 3 is 2.35 bits per heavy atom. The Kier molecular flexibility index (Phi) is 6.30. The van der Waals surface area contributed by atoms with Crippen molar-refractivity contribution in [2.24, 2.45) is 5.92 Å². The quantitative estimate of drug-likeness (QED) is 0.774. The molecule has 0 aromatic rings. The van der Waals surface area contributed by atoms with Crippen LogP contribution in [-0.4, -0.2) is 61.1 Å². The van der Waals surface area contributed by atoms with Gasteiger partial charge >= 0.3 is 0 Å². The largest absolute Gasteiger partial charge is 0.379 e. The molecule has 0 aromatic heterocycles. The van der Waals surface area contributed by atoms with Crippen molar-refractivity contribution < 1.29 is 9.53 Å². The monoisotopic (exact) mass is 282 g/mol. The number of likely N-dealkylation sites (tertiary alicyclic amines) is 2. The Hall–Kier alpha value is -0.610. The first-order valence-corrected chi connectivity index (χ1v) is 8.27. The van der Waals surface area contributed by atoms with Crippen molar-refractivity contribution in [3.8, 4) is 0 Å². The molecule has 0 unspecified atom stereocenters. The molecular formula is C16H30N2O2. The number of carbonyl (C=O) groups is 1. The highest BCUT2D eigenvalue weighted by Crippen LogP contribution is 2.18. The van der Waals surface area contributed by atoms with E-state index < -0.39 is 0 Å². The fourth-order valence-corrected chi connectivity index (χ4v) is 3.09. The number of carbonyl (C=O) groups excluding carboxylic acids is 1. The summed E-state index contributed by atoms with van der Waals surface area (Å²) in [5.41, 5.74) is 0. The molecule has 116 valence electrons. The maximum absolute atomic E-state index is 12.3. The number of piperidine rings is 2. The molecule has 0 radical (unpaired) electrons. The van der Waals surface area contributed by atoms with E-state index in [2.05, 4.69) is 23.6 Å². The number of nitrogens with zero attached hydrogens (tertiary/aromatic N) is 2. The molecule has 2 heterocycles. The molecular weight excluding hydrogens is 252 g/mol. The van der Waals surface area contributed by atoms with Gasteiger partial charge in [0.05, 0.1) is 12.6 Å². The number of amides is 1. The minimum Gasteiger partial charge on any atom is -0.379 e. The first-order chi connectivity index (χ1) is 9.65. The highest BCUT2D eigenvalue weighted by molar-refractivity contribution is 5.78. The lowest BCUT2D eigenvalue weighted by molar-refractivity contribution is -0.134. The average Bonchev–Trinajstić information content (AvgIpc) is 2.46. The van der Waals surface area contributed by atoms with Crippen molar-refractivity contribution in [1.29, 1.82) is 0 Å². The summed E-state index contributed by atoms with van der Waals surface area (Å²) in [4.78, 5) is 16.7. The molecule has 2 aliphatic heterocycles. The van der Waals surface area contributed by atoms with Crippen molar-refractivity contribution in [3.05, 3.63) is 0 Å². The zero-order valence-corrected chi connectivity index (χ0v) is 13.1. The summed E-state index contributed by atoms with van der Waals surface area (Å²) in [6.45, 7) is 9.68. The van der Waals surface area contributed by atoms with Crippen LogP contribution in [0.4, 0.5) is 0 Å². The van der Waals surface area contributed by atoms with Gasteiger partial charge in [0.2, 0.25) is 5.91 Å².